The second-order valence-electron chi connectivity index (χ2n) is 6.94. The van der Waals surface area contributed by atoms with E-state index in [1.165, 1.54) is 4.90 Å². The summed E-state index contributed by atoms with van der Waals surface area (Å²) in [6.45, 7) is 2.54. The van der Waals surface area contributed by atoms with Crippen molar-refractivity contribution in [2.24, 2.45) is 12.0 Å². The topological polar surface area (TPSA) is 63.2 Å². The van der Waals surface area contributed by atoms with Gasteiger partial charge in [0.2, 0.25) is 5.91 Å². The van der Waals surface area contributed by atoms with E-state index in [-0.39, 0.29) is 5.91 Å². The Bertz CT molecular complexity index is 1100. The van der Waals surface area contributed by atoms with Crippen LogP contribution in [0.1, 0.15) is 31.2 Å². The van der Waals surface area contributed by atoms with Crippen LogP contribution in [0.2, 0.25) is 0 Å². The molecule has 0 aliphatic carbocycles. The quantitative estimate of drug-likeness (QED) is 0.518. The van der Waals surface area contributed by atoms with Gasteiger partial charge in [-0.05, 0) is 43.0 Å². The third-order valence-corrected chi connectivity index (χ3v) is 5.67. The molecule has 0 saturated heterocycles. The normalized spacial score (nSPS) is 12.2. The van der Waals surface area contributed by atoms with Gasteiger partial charge in [-0.2, -0.15) is 4.57 Å². The number of para-hydroxylation sites is 1. The molecule has 1 aliphatic heterocycles. The Labute approximate surface area is 174 Å². The minimum absolute atomic E-state index is 0.0142. The van der Waals surface area contributed by atoms with Gasteiger partial charge >= 0.3 is 5.82 Å². The van der Waals surface area contributed by atoms with Crippen LogP contribution in [0.4, 0.5) is 5.69 Å². The number of rotatable bonds is 5. The highest BCUT2D eigenvalue weighted by molar-refractivity contribution is 7.98. The fourth-order valence-corrected chi connectivity index (χ4v) is 3.98. The van der Waals surface area contributed by atoms with Gasteiger partial charge in [-0.1, -0.05) is 19.1 Å². The van der Waals surface area contributed by atoms with Crippen molar-refractivity contribution in [1.82, 2.24) is 9.78 Å². The number of thioether (sulfide) groups is 1. The molecule has 0 unspecified atom stereocenters. The van der Waals surface area contributed by atoms with E-state index < -0.39 is 0 Å². The van der Waals surface area contributed by atoms with Crippen LogP contribution in [-0.2, 0) is 18.4 Å². The maximum Gasteiger partial charge on any atom is 0.316 e. The highest BCUT2D eigenvalue weighted by Gasteiger charge is 2.30. The fraction of sp³-hybridized carbons (Fsp3) is 0.273. The molecule has 0 saturated carbocycles. The van der Waals surface area contributed by atoms with Crippen LogP contribution in [0.15, 0.2) is 52.4 Å². The number of carbonyl (C=O) groups is 1. The van der Waals surface area contributed by atoms with Crippen molar-refractivity contribution >= 4 is 29.6 Å². The molecule has 29 heavy (non-hydrogen) atoms. The lowest BCUT2D eigenvalue weighted by atomic mass is 10.1. The van der Waals surface area contributed by atoms with Crippen LogP contribution in [0.3, 0.4) is 0 Å². The van der Waals surface area contributed by atoms with Gasteiger partial charge in [-0.25, -0.2) is 0 Å². The third-order valence-electron chi connectivity index (χ3n) is 4.95. The molecule has 0 spiro atoms. The second kappa shape index (κ2) is 8.21. The van der Waals surface area contributed by atoms with Gasteiger partial charge in [-0.15, -0.1) is 16.4 Å². The molecule has 1 amide bonds. The molecule has 1 N–H and O–H groups in total. The summed E-state index contributed by atoms with van der Waals surface area (Å²) in [5.74, 6) is 1.79. The SMILES string of the molecule is CCCC(=O)Nc1ccccc1-c1nn(C)c2[n+]1-c1ccc(SC)cc1C=NC2. The molecule has 0 radical (unpaired) electrons. The Balaban J connectivity index is 1.89. The first-order chi connectivity index (χ1) is 14.1. The zero-order chi connectivity index (χ0) is 20.4. The minimum atomic E-state index is 0.0142. The predicted octanol–water partition coefficient (Wildman–Crippen LogP) is 3.76. The van der Waals surface area contributed by atoms with E-state index in [2.05, 4.69) is 39.3 Å². The Morgan fingerprint density at radius 2 is 2.10 bits per heavy atom. The molecule has 6 nitrogen and oxygen atoms in total. The van der Waals surface area contributed by atoms with Crippen molar-refractivity contribution in [3.8, 4) is 17.1 Å². The van der Waals surface area contributed by atoms with Gasteiger partial charge in [0.25, 0.3) is 5.82 Å². The van der Waals surface area contributed by atoms with Gasteiger partial charge in [0.15, 0.2) is 0 Å². The fourth-order valence-electron chi connectivity index (χ4n) is 3.53. The first-order valence-electron chi connectivity index (χ1n) is 9.67. The molecule has 7 heteroatoms. The minimum Gasteiger partial charge on any atom is -0.325 e. The number of fused-ring (bicyclic) bond motifs is 3. The van der Waals surface area contributed by atoms with Crippen LogP contribution in [0, 0.1) is 0 Å². The molecule has 0 fully saturated rings. The van der Waals surface area contributed by atoms with Crippen molar-refractivity contribution in [3.63, 3.8) is 0 Å². The number of aromatic nitrogens is 3. The largest absolute Gasteiger partial charge is 0.325 e. The predicted molar refractivity (Wildman–Crippen MR) is 117 cm³/mol. The summed E-state index contributed by atoms with van der Waals surface area (Å²) in [5.41, 5.74) is 3.76. The molecule has 0 atom stereocenters. The van der Waals surface area contributed by atoms with Crippen molar-refractivity contribution in [2.45, 2.75) is 31.2 Å². The number of carbonyl (C=O) groups excluding carboxylic acids is 1. The molecule has 4 rings (SSSR count). The Morgan fingerprint density at radius 3 is 2.90 bits per heavy atom. The number of aryl methyl sites for hydroxylation is 1. The number of anilines is 1. The van der Waals surface area contributed by atoms with E-state index in [0.717, 1.165) is 40.6 Å². The summed E-state index contributed by atoms with van der Waals surface area (Å²) in [7, 11) is 1.93. The van der Waals surface area contributed by atoms with Gasteiger partial charge in [0.05, 0.1) is 18.3 Å². The average Bonchev–Trinajstić information content (AvgIpc) is 2.92. The molecular weight excluding hydrogens is 382 g/mol. The number of benzene rings is 2. The lowest BCUT2D eigenvalue weighted by molar-refractivity contribution is -0.593. The van der Waals surface area contributed by atoms with Crippen LogP contribution in [0.25, 0.3) is 17.1 Å². The summed E-state index contributed by atoms with van der Waals surface area (Å²) >= 11 is 1.71. The van der Waals surface area contributed by atoms with Crippen molar-refractivity contribution < 1.29 is 9.36 Å². The Hall–Kier alpha value is -2.93. The zero-order valence-electron chi connectivity index (χ0n) is 16.8. The maximum absolute atomic E-state index is 12.2. The molecule has 148 valence electrons. The number of nitrogens with one attached hydrogen (secondary N) is 1. The Morgan fingerprint density at radius 1 is 1.28 bits per heavy atom. The van der Waals surface area contributed by atoms with Crippen LogP contribution in [0.5, 0.6) is 0 Å². The maximum atomic E-state index is 12.2. The third kappa shape index (κ3) is 3.70. The monoisotopic (exact) mass is 406 g/mol. The van der Waals surface area contributed by atoms with E-state index >= 15 is 0 Å². The molecule has 2 heterocycles. The van der Waals surface area contributed by atoms with Crippen molar-refractivity contribution in [3.05, 3.63) is 53.9 Å². The van der Waals surface area contributed by atoms with E-state index in [1.807, 2.05) is 49.1 Å². The van der Waals surface area contributed by atoms with E-state index in [0.29, 0.717) is 13.0 Å². The van der Waals surface area contributed by atoms with Crippen LogP contribution >= 0.6 is 11.8 Å². The smallest absolute Gasteiger partial charge is 0.316 e. The standard InChI is InChI=1S/C22H23N5OS/c1-4-7-20(28)24-18-9-6-5-8-17(18)22-25-26(2)21-14-23-13-15-12-16(29-3)10-11-19(15)27(21)22/h5-6,8-13H,4,7,14H2,1-3H3/p+1. The summed E-state index contributed by atoms with van der Waals surface area (Å²) in [5, 5.41) is 7.86. The molecule has 1 aliphatic rings. The van der Waals surface area contributed by atoms with Gasteiger partial charge < -0.3 is 5.32 Å². The number of aliphatic imine (C=N–C) groups is 1. The first-order valence-corrected chi connectivity index (χ1v) is 10.9. The number of hydrogen-bond donors (Lipinski definition) is 1. The summed E-state index contributed by atoms with van der Waals surface area (Å²) in [6.07, 6.45) is 5.31. The molecule has 3 aromatic rings. The Kier molecular flexibility index (Phi) is 5.49. The molecule has 2 aromatic carbocycles. The van der Waals surface area contributed by atoms with Crippen molar-refractivity contribution in [1.29, 1.82) is 0 Å². The molecule has 1 aromatic heterocycles. The molecular formula is C22H24N5OS+. The van der Waals surface area contributed by atoms with Crippen molar-refractivity contribution in [2.75, 3.05) is 11.6 Å². The van der Waals surface area contributed by atoms with E-state index in [1.54, 1.807) is 11.8 Å². The highest BCUT2D eigenvalue weighted by Crippen LogP contribution is 2.28. The average molecular weight is 407 g/mol. The zero-order valence-corrected chi connectivity index (χ0v) is 17.7. The second-order valence-corrected chi connectivity index (χ2v) is 7.82. The number of hydrogen-bond acceptors (Lipinski definition) is 4. The number of amides is 1. The lowest BCUT2D eigenvalue weighted by Gasteiger charge is -2.10. The van der Waals surface area contributed by atoms with Gasteiger partial charge in [-0.3, -0.25) is 9.79 Å². The van der Waals surface area contributed by atoms with Gasteiger partial charge in [0.1, 0.15) is 12.2 Å². The van der Waals surface area contributed by atoms with E-state index in [4.69, 9.17) is 5.10 Å². The summed E-state index contributed by atoms with van der Waals surface area (Å²) in [6, 6.07) is 14.2. The van der Waals surface area contributed by atoms with E-state index in [9.17, 15) is 4.79 Å². The highest BCUT2D eigenvalue weighted by atomic mass is 32.2. The number of nitrogens with zero attached hydrogens (tertiary/aromatic N) is 4. The lowest BCUT2D eigenvalue weighted by Crippen LogP contribution is -2.37. The molecule has 0 bridgehead atoms. The summed E-state index contributed by atoms with van der Waals surface area (Å²) in [4.78, 5) is 18.0. The summed E-state index contributed by atoms with van der Waals surface area (Å²) < 4.78 is 4.02. The van der Waals surface area contributed by atoms with Crippen LogP contribution in [-0.4, -0.2) is 28.2 Å². The first kappa shape index (κ1) is 19.4. The van der Waals surface area contributed by atoms with Gasteiger partial charge in [0, 0.05) is 28.2 Å². The van der Waals surface area contributed by atoms with Crippen LogP contribution < -0.4 is 9.88 Å².